The van der Waals surface area contributed by atoms with Crippen molar-refractivity contribution in [1.82, 2.24) is 25.1 Å². The Morgan fingerprint density at radius 3 is 2.95 bits per heavy atom. The minimum Gasteiger partial charge on any atom is -0.346 e. The van der Waals surface area contributed by atoms with Gasteiger partial charge in [-0.3, -0.25) is 10.1 Å². The van der Waals surface area contributed by atoms with E-state index < -0.39 is 0 Å². The second kappa shape index (κ2) is 6.75. The van der Waals surface area contributed by atoms with Crippen LogP contribution in [0.2, 0.25) is 0 Å². The van der Waals surface area contributed by atoms with Crippen LogP contribution in [0.5, 0.6) is 0 Å². The van der Waals surface area contributed by atoms with Crippen molar-refractivity contribution in [2.75, 3.05) is 13.1 Å². The van der Waals surface area contributed by atoms with E-state index in [0.717, 1.165) is 36.8 Å². The molecule has 4 heterocycles. The van der Waals surface area contributed by atoms with Gasteiger partial charge in [0.25, 0.3) is 0 Å². The minimum absolute atomic E-state index is 0.735. The maximum atomic E-state index is 4.56. The lowest BCUT2D eigenvalue weighted by Crippen LogP contribution is -2.13. The molecule has 3 aromatic heterocycles. The van der Waals surface area contributed by atoms with Gasteiger partial charge in [0.15, 0.2) is 0 Å². The van der Waals surface area contributed by atoms with Gasteiger partial charge in [-0.05, 0) is 37.6 Å². The van der Waals surface area contributed by atoms with Crippen LogP contribution in [0, 0.1) is 5.92 Å². The summed E-state index contributed by atoms with van der Waals surface area (Å²) >= 11 is 0. The number of H-pyrrole nitrogens is 1. The number of nitrogens with one attached hydrogen (secondary N) is 2. The number of hydrogen-bond acceptors (Lipinski definition) is 3. The van der Waals surface area contributed by atoms with Gasteiger partial charge in [-0.25, -0.2) is 0 Å². The smallest absolute Gasteiger partial charge is 0.0741 e. The van der Waals surface area contributed by atoms with Crippen LogP contribution in [-0.2, 0) is 6.54 Å². The Labute approximate surface area is 130 Å². The van der Waals surface area contributed by atoms with Crippen LogP contribution in [0.1, 0.15) is 20.3 Å². The van der Waals surface area contributed by atoms with Gasteiger partial charge in [0.05, 0.1) is 23.6 Å². The SMILES string of the molecule is CC.c1n[nH]cc1-c1cc2ccn(CC3CCNC3)c2cn1. The quantitative estimate of drug-likeness (QED) is 0.781. The zero-order valence-electron chi connectivity index (χ0n) is 13.2. The molecule has 3 aromatic rings. The first-order chi connectivity index (χ1) is 10.9. The minimum atomic E-state index is 0.735. The molecule has 1 aliphatic heterocycles. The number of hydrogen-bond donors (Lipinski definition) is 2. The third-order valence-electron chi connectivity index (χ3n) is 4.07. The van der Waals surface area contributed by atoms with Crippen molar-refractivity contribution < 1.29 is 0 Å². The molecule has 22 heavy (non-hydrogen) atoms. The molecule has 0 spiro atoms. The van der Waals surface area contributed by atoms with Gasteiger partial charge in [-0.1, -0.05) is 13.8 Å². The Balaban J connectivity index is 0.000000693. The first kappa shape index (κ1) is 14.8. The lowest BCUT2D eigenvalue weighted by molar-refractivity contribution is 0.491. The molecule has 1 unspecified atom stereocenters. The standard InChI is InChI=1S/C15H17N5.C2H6/c1-3-16-6-11(1)10-20-4-2-12-5-14(17-9-15(12)20)13-7-18-19-8-13;1-2/h2,4-5,7-9,11,16H,1,3,6,10H2,(H,18,19);1-2H3. The highest BCUT2D eigenvalue weighted by Gasteiger charge is 2.16. The Kier molecular flexibility index (Phi) is 4.53. The molecule has 5 heteroatoms. The van der Waals surface area contributed by atoms with E-state index >= 15 is 0 Å². The zero-order chi connectivity index (χ0) is 15.4. The summed E-state index contributed by atoms with van der Waals surface area (Å²) in [5.41, 5.74) is 3.20. The topological polar surface area (TPSA) is 58.5 Å². The summed E-state index contributed by atoms with van der Waals surface area (Å²) in [6, 6.07) is 4.30. The fraction of sp³-hybridized carbons (Fsp3) is 0.412. The lowest BCUT2D eigenvalue weighted by Gasteiger charge is -2.10. The van der Waals surface area contributed by atoms with Gasteiger partial charge in [0.1, 0.15) is 0 Å². The second-order valence-corrected chi connectivity index (χ2v) is 5.44. The summed E-state index contributed by atoms with van der Waals surface area (Å²) in [6.45, 7) is 7.34. The lowest BCUT2D eigenvalue weighted by atomic mass is 10.1. The molecule has 0 saturated carbocycles. The van der Waals surface area contributed by atoms with E-state index in [2.05, 4.69) is 43.4 Å². The van der Waals surface area contributed by atoms with Gasteiger partial charge in [-0.2, -0.15) is 5.10 Å². The van der Waals surface area contributed by atoms with Crippen molar-refractivity contribution in [3.63, 3.8) is 0 Å². The molecule has 1 atom stereocenters. The van der Waals surface area contributed by atoms with E-state index in [4.69, 9.17) is 0 Å². The molecule has 0 amide bonds. The number of fused-ring (bicyclic) bond motifs is 1. The highest BCUT2D eigenvalue weighted by atomic mass is 15.1. The molecule has 4 rings (SSSR count). The van der Waals surface area contributed by atoms with Gasteiger partial charge >= 0.3 is 0 Å². The van der Waals surface area contributed by atoms with Crippen molar-refractivity contribution >= 4 is 10.9 Å². The summed E-state index contributed by atoms with van der Waals surface area (Å²) in [5.74, 6) is 0.735. The van der Waals surface area contributed by atoms with Gasteiger partial charge in [0.2, 0.25) is 0 Å². The largest absolute Gasteiger partial charge is 0.346 e. The van der Waals surface area contributed by atoms with Crippen LogP contribution in [0.15, 0.2) is 36.9 Å². The molecule has 1 aliphatic rings. The van der Waals surface area contributed by atoms with Crippen LogP contribution in [0.25, 0.3) is 22.2 Å². The molecule has 1 fully saturated rings. The summed E-state index contributed by atoms with van der Waals surface area (Å²) in [4.78, 5) is 4.56. The first-order valence-corrected chi connectivity index (χ1v) is 8.05. The maximum absolute atomic E-state index is 4.56. The third-order valence-corrected chi connectivity index (χ3v) is 4.07. The highest BCUT2D eigenvalue weighted by molar-refractivity contribution is 5.83. The van der Waals surface area contributed by atoms with Gasteiger partial charge < -0.3 is 9.88 Å². The predicted octanol–water partition coefficient (Wildman–Crippen LogP) is 3.06. The molecular weight excluding hydrogens is 274 g/mol. The fourth-order valence-electron chi connectivity index (χ4n) is 2.94. The number of aromatic nitrogens is 4. The molecule has 0 aliphatic carbocycles. The van der Waals surface area contributed by atoms with Crippen LogP contribution in [0.3, 0.4) is 0 Å². The molecule has 5 nitrogen and oxygen atoms in total. The Morgan fingerprint density at radius 2 is 2.23 bits per heavy atom. The summed E-state index contributed by atoms with van der Waals surface area (Å²) in [7, 11) is 0. The zero-order valence-corrected chi connectivity index (χ0v) is 13.2. The van der Waals surface area contributed by atoms with Crippen molar-refractivity contribution in [3.8, 4) is 11.3 Å². The number of pyridine rings is 1. The summed E-state index contributed by atoms with van der Waals surface area (Å²) in [6.07, 6.45) is 9.08. The average Bonchev–Trinajstić information content (AvgIpc) is 3.32. The fourth-order valence-corrected chi connectivity index (χ4v) is 2.94. The molecule has 0 radical (unpaired) electrons. The monoisotopic (exact) mass is 297 g/mol. The normalized spacial score (nSPS) is 17.5. The van der Waals surface area contributed by atoms with Crippen molar-refractivity contribution in [3.05, 3.63) is 36.9 Å². The number of nitrogens with zero attached hydrogens (tertiary/aromatic N) is 3. The van der Waals surface area contributed by atoms with Gasteiger partial charge in [0, 0.05) is 29.9 Å². The Hall–Kier alpha value is -2.14. The van der Waals surface area contributed by atoms with Crippen molar-refractivity contribution in [1.29, 1.82) is 0 Å². The number of rotatable bonds is 3. The van der Waals surface area contributed by atoms with E-state index in [0.29, 0.717) is 0 Å². The molecular formula is C17H23N5. The first-order valence-electron chi connectivity index (χ1n) is 8.05. The van der Waals surface area contributed by atoms with Gasteiger partial charge in [-0.15, -0.1) is 0 Å². The second-order valence-electron chi connectivity index (χ2n) is 5.44. The van der Waals surface area contributed by atoms with Crippen LogP contribution >= 0.6 is 0 Å². The van der Waals surface area contributed by atoms with E-state index in [1.807, 2.05) is 26.2 Å². The highest BCUT2D eigenvalue weighted by Crippen LogP contribution is 2.23. The van der Waals surface area contributed by atoms with E-state index in [1.54, 1.807) is 6.20 Å². The Bertz CT molecular complexity index is 708. The van der Waals surface area contributed by atoms with Crippen LogP contribution in [0.4, 0.5) is 0 Å². The molecule has 1 saturated heterocycles. The molecule has 2 N–H and O–H groups in total. The summed E-state index contributed by atoms with van der Waals surface area (Å²) in [5, 5.41) is 11.5. The van der Waals surface area contributed by atoms with Crippen LogP contribution < -0.4 is 5.32 Å². The van der Waals surface area contributed by atoms with E-state index in [9.17, 15) is 0 Å². The Morgan fingerprint density at radius 1 is 1.32 bits per heavy atom. The van der Waals surface area contributed by atoms with Crippen LogP contribution in [-0.4, -0.2) is 32.8 Å². The van der Waals surface area contributed by atoms with E-state index in [1.165, 1.54) is 17.3 Å². The van der Waals surface area contributed by atoms with E-state index in [-0.39, 0.29) is 0 Å². The van der Waals surface area contributed by atoms with Crippen molar-refractivity contribution in [2.45, 2.75) is 26.8 Å². The molecule has 0 aromatic carbocycles. The summed E-state index contributed by atoms with van der Waals surface area (Å²) < 4.78 is 2.32. The van der Waals surface area contributed by atoms with Crippen molar-refractivity contribution in [2.24, 2.45) is 5.92 Å². The molecule has 0 bridgehead atoms. The maximum Gasteiger partial charge on any atom is 0.0741 e. The predicted molar refractivity (Wildman–Crippen MR) is 89.6 cm³/mol. The molecule has 116 valence electrons. The average molecular weight is 297 g/mol. The third kappa shape index (κ3) is 2.90. The number of aromatic amines is 1.